The maximum absolute atomic E-state index is 12.4. The van der Waals surface area contributed by atoms with Gasteiger partial charge < -0.3 is 15.0 Å². The smallest absolute Gasteiger partial charge is 0.223 e. The zero-order chi connectivity index (χ0) is 17.7. The Bertz CT molecular complexity index is 590. The molecule has 1 aromatic rings. The molecule has 1 aliphatic heterocycles. The molecule has 0 aromatic heterocycles. The summed E-state index contributed by atoms with van der Waals surface area (Å²) in [6.45, 7) is 7.67. The molecule has 5 heteroatoms. The minimum Gasteiger partial charge on any atom is -0.496 e. The first-order chi connectivity index (χ1) is 11.4. The van der Waals surface area contributed by atoms with Crippen LogP contribution >= 0.6 is 0 Å². The van der Waals surface area contributed by atoms with Crippen LogP contribution in [0.3, 0.4) is 0 Å². The number of hydrogen-bond acceptors (Lipinski definition) is 3. The Morgan fingerprint density at radius 1 is 1.29 bits per heavy atom. The Morgan fingerprint density at radius 2 is 1.96 bits per heavy atom. The van der Waals surface area contributed by atoms with Crippen molar-refractivity contribution >= 4 is 11.8 Å². The van der Waals surface area contributed by atoms with Crippen LogP contribution in [0.5, 0.6) is 5.75 Å². The fourth-order valence-electron chi connectivity index (χ4n) is 3.08. The first-order valence-corrected chi connectivity index (χ1v) is 8.62. The van der Waals surface area contributed by atoms with Crippen molar-refractivity contribution in [2.45, 2.75) is 46.1 Å². The lowest BCUT2D eigenvalue weighted by atomic mass is 9.95. The molecule has 1 aliphatic rings. The number of piperidine rings is 1. The first kappa shape index (κ1) is 18.3. The number of hydrogen-bond donors (Lipinski definition) is 1. The average Bonchev–Trinajstić information content (AvgIpc) is 2.59. The van der Waals surface area contributed by atoms with E-state index in [1.54, 1.807) is 18.9 Å². The van der Waals surface area contributed by atoms with E-state index in [1.807, 2.05) is 6.07 Å². The molecule has 0 spiro atoms. The number of rotatable bonds is 5. The first-order valence-electron chi connectivity index (χ1n) is 8.62. The average molecular weight is 332 g/mol. The van der Waals surface area contributed by atoms with Crippen LogP contribution in [0.25, 0.3) is 0 Å². The Kier molecular flexibility index (Phi) is 6.23. The summed E-state index contributed by atoms with van der Waals surface area (Å²) >= 11 is 0. The van der Waals surface area contributed by atoms with Crippen molar-refractivity contribution in [1.82, 2.24) is 10.2 Å². The highest BCUT2D eigenvalue weighted by Crippen LogP contribution is 2.24. The van der Waals surface area contributed by atoms with E-state index >= 15 is 0 Å². The number of likely N-dealkylation sites (tertiary alicyclic amines) is 1. The summed E-state index contributed by atoms with van der Waals surface area (Å²) in [4.78, 5) is 25.6. The third-order valence-corrected chi connectivity index (χ3v) is 4.74. The number of nitrogens with one attached hydrogen (secondary N) is 1. The van der Waals surface area contributed by atoms with E-state index in [0.29, 0.717) is 25.6 Å². The minimum atomic E-state index is -0.0140. The molecule has 0 atom stereocenters. The van der Waals surface area contributed by atoms with Gasteiger partial charge in [-0.05, 0) is 30.4 Å². The van der Waals surface area contributed by atoms with Gasteiger partial charge in [-0.3, -0.25) is 9.59 Å². The number of carbonyl (C=O) groups is 2. The van der Waals surface area contributed by atoms with Gasteiger partial charge in [-0.1, -0.05) is 26.0 Å². The molecular formula is C19H28N2O3. The molecule has 1 saturated heterocycles. The second-order valence-electron chi connectivity index (χ2n) is 6.72. The summed E-state index contributed by atoms with van der Waals surface area (Å²) in [6, 6.07) is 6.12. The van der Waals surface area contributed by atoms with Crippen LogP contribution in [0, 0.1) is 5.92 Å². The van der Waals surface area contributed by atoms with Crippen LogP contribution in [-0.2, 0) is 16.1 Å². The molecular weight excluding hydrogens is 304 g/mol. The number of ether oxygens (including phenoxy) is 1. The highest BCUT2D eigenvalue weighted by Gasteiger charge is 2.25. The van der Waals surface area contributed by atoms with E-state index < -0.39 is 0 Å². The second-order valence-corrected chi connectivity index (χ2v) is 6.72. The van der Waals surface area contributed by atoms with Gasteiger partial charge in [0, 0.05) is 38.0 Å². The minimum absolute atomic E-state index is 0.0140. The molecule has 0 aliphatic carbocycles. The molecule has 0 radical (unpaired) electrons. The zero-order valence-electron chi connectivity index (χ0n) is 15.1. The fourth-order valence-corrected chi connectivity index (χ4v) is 3.08. The van der Waals surface area contributed by atoms with Gasteiger partial charge in [0.2, 0.25) is 11.8 Å². The molecule has 1 N–H and O–H groups in total. The maximum atomic E-state index is 12.4. The largest absolute Gasteiger partial charge is 0.496 e. The highest BCUT2D eigenvalue weighted by atomic mass is 16.5. The predicted octanol–water partition coefficient (Wildman–Crippen LogP) is 2.69. The van der Waals surface area contributed by atoms with Gasteiger partial charge in [-0.2, -0.15) is 0 Å². The number of nitrogens with zero attached hydrogens (tertiary/aromatic N) is 1. The van der Waals surface area contributed by atoms with Crippen molar-refractivity contribution in [3.8, 4) is 5.75 Å². The van der Waals surface area contributed by atoms with Crippen LogP contribution < -0.4 is 10.1 Å². The maximum Gasteiger partial charge on any atom is 0.223 e. The summed E-state index contributed by atoms with van der Waals surface area (Å²) in [6.07, 6.45) is 1.46. The number of benzene rings is 1. The van der Waals surface area contributed by atoms with Crippen LogP contribution in [-0.4, -0.2) is 36.9 Å². The molecule has 0 saturated carbocycles. The van der Waals surface area contributed by atoms with Crippen LogP contribution in [0.15, 0.2) is 18.2 Å². The molecule has 0 bridgehead atoms. The lowest BCUT2D eigenvalue weighted by molar-refractivity contribution is -0.134. The van der Waals surface area contributed by atoms with Gasteiger partial charge in [0.15, 0.2) is 0 Å². The van der Waals surface area contributed by atoms with E-state index in [-0.39, 0.29) is 17.7 Å². The molecule has 1 fully saturated rings. The van der Waals surface area contributed by atoms with Crippen LogP contribution in [0.4, 0.5) is 0 Å². The van der Waals surface area contributed by atoms with Crippen molar-refractivity contribution in [2.75, 3.05) is 20.2 Å². The van der Waals surface area contributed by atoms with Crippen molar-refractivity contribution in [3.05, 3.63) is 29.3 Å². The Balaban J connectivity index is 1.94. The molecule has 5 nitrogen and oxygen atoms in total. The van der Waals surface area contributed by atoms with Gasteiger partial charge in [0.25, 0.3) is 0 Å². The lowest BCUT2D eigenvalue weighted by Crippen LogP contribution is -2.42. The second kappa shape index (κ2) is 8.18. The number of carbonyl (C=O) groups excluding carboxylic acids is 2. The van der Waals surface area contributed by atoms with Gasteiger partial charge >= 0.3 is 0 Å². The highest BCUT2D eigenvalue weighted by molar-refractivity contribution is 5.79. The van der Waals surface area contributed by atoms with Crippen molar-refractivity contribution in [1.29, 1.82) is 0 Å². The third kappa shape index (κ3) is 4.49. The van der Waals surface area contributed by atoms with Crippen molar-refractivity contribution in [2.24, 2.45) is 5.92 Å². The van der Waals surface area contributed by atoms with E-state index in [2.05, 4.69) is 31.3 Å². The van der Waals surface area contributed by atoms with Gasteiger partial charge in [0.1, 0.15) is 5.75 Å². The summed E-state index contributed by atoms with van der Waals surface area (Å²) in [7, 11) is 1.65. The predicted molar refractivity (Wildman–Crippen MR) is 93.9 cm³/mol. The van der Waals surface area contributed by atoms with Gasteiger partial charge in [0.05, 0.1) is 7.11 Å². The molecule has 0 unspecified atom stereocenters. The molecule has 132 valence electrons. The summed E-state index contributed by atoms with van der Waals surface area (Å²) in [5, 5.41) is 3.03. The molecule has 1 heterocycles. The van der Waals surface area contributed by atoms with E-state index in [4.69, 9.17) is 4.74 Å². The SMILES string of the molecule is COc1ccc(C(C)C)cc1CNC(=O)C1CCN(C(C)=O)CC1. The molecule has 24 heavy (non-hydrogen) atoms. The van der Waals surface area contributed by atoms with Crippen LogP contribution in [0.1, 0.15) is 50.7 Å². The van der Waals surface area contributed by atoms with Crippen molar-refractivity contribution in [3.63, 3.8) is 0 Å². The van der Waals surface area contributed by atoms with Gasteiger partial charge in [-0.15, -0.1) is 0 Å². The molecule has 1 aromatic carbocycles. The Labute approximate surface area is 144 Å². The zero-order valence-corrected chi connectivity index (χ0v) is 15.1. The lowest BCUT2D eigenvalue weighted by Gasteiger charge is -2.30. The van der Waals surface area contributed by atoms with Gasteiger partial charge in [-0.25, -0.2) is 0 Å². The Morgan fingerprint density at radius 3 is 2.50 bits per heavy atom. The number of methoxy groups -OCH3 is 1. The normalized spacial score (nSPS) is 15.5. The summed E-state index contributed by atoms with van der Waals surface area (Å²) in [5.74, 6) is 1.37. The van der Waals surface area contributed by atoms with E-state index in [0.717, 1.165) is 24.2 Å². The van der Waals surface area contributed by atoms with Crippen molar-refractivity contribution < 1.29 is 14.3 Å². The summed E-state index contributed by atoms with van der Waals surface area (Å²) < 4.78 is 5.40. The number of amides is 2. The monoisotopic (exact) mass is 332 g/mol. The quantitative estimate of drug-likeness (QED) is 0.902. The van der Waals surface area contributed by atoms with E-state index in [1.165, 1.54) is 5.56 Å². The fraction of sp³-hybridized carbons (Fsp3) is 0.579. The summed E-state index contributed by atoms with van der Waals surface area (Å²) in [5.41, 5.74) is 2.23. The van der Waals surface area contributed by atoms with E-state index in [9.17, 15) is 9.59 Å². The van der Waals surface area contributed by atoms with Crippen LogP contribution in [0.2, 0.25) is 0 Å². The Hall–Kier alpha value is -2.04. The standard InChI is InChI=1S/C19H28N2O3/c1-13(2)16-5-6-18(24-4)17(11-16)12-20-19(23)15-7-9-21(10-8-15)14(3)22/h5-6,11,13,15H,7-10,12H2,1-4H3,(H,20,23). The molecule has 2 amide bonds. The molecule has 2 rings (SSSR count). The topological polar surface area (TPSA) is 58.6 Å². The third-order valence-electron chi connectivity index (χ3n) is 4.74.